The van der Waals surface area contributed by atoms with Crippen LogP contribution in [0.1, 0.15) is 54.2 Å². The molecule has 0 atom stereocenters. The maximum atomic E-state index is 13.9. The fraction of sp³-hybridized carbons (Fsp3) is 0.154. The summed E-state index contributed by atoms with van der Waals surface area (Å²) in [6.07, 6.45) is 2.59. The molecule has 6 rings (SSSR count). The van der Waals surface area contributed by atoms with E-state index in [0.29, 0.717) is 6.42 Å². The largest absolute Gasteiger partial charge is 0.302 e. The summed E-state index contributed by atoms with van der Waals surface area (Å²) in [6.45, 7) is 6.41. The van der Waals surface area contributed by atoms with Crippen LogP contribution in [0.3, 0.4) is 0 Å². The minimum Gasteiger partial charge on any atom is -0.302 e. The van der Waals surface area contributed by atoms with Crippen molar-refractivity contribution in [1.29, 1.82) is 0 Å². The molecule has 0 bridgehead atoms. The van der Waals surface area contributed by atoms with Crippen LogP contribution in [0.2, 0.25) is 0 Å². The van der Waals surface area contributed by atoms with E-state index in [9.17, 15) is 4.79 Å². The lowest BCUT2D eigenvalue weighted by atomic mass is 9.64. The number of carbonyl (C=O) groups excluding carboxylic acids is 1. The van der Waals surface area contributed by atoms with Crippen LogP contribution in [0.15, 0.2) is 146 Å². The van der Waals surface area contributed by atoms with E-state index in [1.54, 1.807) is 0 Å². The lowest BCUT2D eigenvalue weighted by Gasteiger charge is -2.43. The van der Waals surface area contributed by atoms with Gasteiger partial charge in [0.1, 0.15) is 0 Å². The van der Waals surface area contributed by atoms with Crippen molar-refractivity contribution < 1.29 is 4.79 Å². The van der Waals surface area contributed by atoms with Gasteiger partial charge in [-0.05, 0) is 66.3 Å². The number of anilines is 1. The van der Waals surface area contributed by atoms with Crippen LogP contribution in [-0.2, 0) is 16.6 Å². The average molecular weight is 534 g/mol. The SMILES string of the molecule is CC1=CC(C)(C)N(C(=O)Cc2ccccc2)c2ccc(C(c3ccccc3)(c3ccccc3)c3ccccc3)cc21. The molecule has 0 aromatic heterocycles. The van der Waals surface area contributed by atoms with Gasteiger partial charge in [-0.25, -0.2) is 0 Å². The Morgan fingerprint density at radius 2 is 1.10 bits per heavy atom. The minimum absolute atomic E-state index is 0.0967. The number of rotatable bonds is 6. The van der Waals surface area contributed by atoms with E-state index in [0.717, 1.165) is 16.8 Å². The zero-order valence-electron chi connectivity index (χ0n) is 23.9. The number of hydrogen-bond donors (Lipinski definition) is 0. The molecule has 202 valence electrons. The second-order valence-corrected chi connectivity index (χ2v) is 11.5. The molecule has 0 N–H and O–H groups in total. The zero-order valence-corrected chi connectivity index (χ0v) is 23.9. The van der Waals surface area contributed by atoms with Gasteiger partial charge in [0.25, 0.3) is 0 Å². The van der Waals surface area contributed by atoms with Gasteiger partial charge >= 0.3 is 0 Å². The predicted molar refractivity (Wildman–Crippen MR) is 170 cm³/mol. The Morgan fingerprint density at radius 1 is 0.634 bits per heavy atom. The molecule has 0 radical (unpaired) electrons. The monoisotopic (exact) mass is 533 g/mol. The van der Waals surface area contributed by atoms with Gasteiger partial charge in [-0.3, -0.25) is 4.79 Å². The number of fused-ring (bicyclic) bond motifs is 1. The number of amides is 1. The molecule has 0 spiro atoms. The lowest BCUT2D eigenvalue weighted by molar-refractivity contribution is -0.118. The molecule has 0 saturated heterocycles. The topological polar surface area (TPSA) is 20.3 Å². The first kappa shape index (κ1) is 26.5. The van der Waals surface area contributed by atoms with Crippen LogP contribution in [0, 0.1) is 0 Å². The molecule has 0 saturated carbocycles. The fourth-order valence-corrected chi connectivity index (χ4v) is 6.63. The molecule has 0 unspecified atom stereocenters. The first-order valence-corrected chi connectivity index (χ1v) is 14.3. The molecule has 1 heterocycles. The number of carbonyl (C=O) groups is 1. The molecule has 1 aliphatic heterocycles. The second-order valence-electron chi connectivity index (χ2n) is 11.5. The van der Waals surface area contributed by atoms with Crippen molar-refractivity contribution in [2.45, 2.75) is 38.1 Å². The summed E-state index contributed by atoms with van der Waals surface area (Å²) in [5, 5.41) is 0. The van der Waals surface area contributed by atoms with Crippen molar-refractivity contribution in [3.63, 3.8) is 0 Å². The Balaban J connectivity index is 1.58. The Bertz CT molecular complexity index is 1590. The Labute approximate surface area is 243 Å². The van der Waals surface area contributed by atoms with Crippen LogP contribution in [0.25, 0.3) is 5.57 Å². The molecule has 41 heavy (non-hydrogen) atoms. The van der Waals surface area contributed by atoms with Crippen LogP contribution in [0.5, 0.6) is 0 Å². The Hall–Kier alpha value is -4.69. The van der Waals surface area contributed by atoms with Crippen molar-refractivity contribution >= 4 is 17.2 Å². The summed E-state index contributed by atoms with van der Waals surface area (Å²) in [5.74, 6) is 0.0967. The van der Waals surface area contributed by atoms with Gasteiger partial charge in [0.05, 0.1) is 23.1 Å². The van der Waals surface area contributed by atoms with Gasteiger partial charge in [-0.1, -0.05) is 133 Å². The number of hydrogen-bond acceptors (Lipinski definition) is 1. The van der Waals surface area contributed by atoms with Crippen molar-refractivity contribution in [3.05, 3.63) is 179 Å². The normalized spacial score (nSPS) is 14.2. The van der Waals surface area contributed by atoms with Crippen LogP contribution in [0.4, 0.5) is 5.69 Å². The third kappa shape index (κ3) is 4.70. The van der Waals surface area contributed by atoms with E-state index in [1.807, 2.05) is 35.2 Å². The average Bonchev–Trinajstić information content (AvgIpc) is 2.99. The molecule has 5 aromatic rings. The van der Waals surface area contributed by atoms with E-state index in [4.69, 9.17) is 0 Å². The summed E-state index contributed by atoms with van der Waals surface area (Å²) in [4.78, 5) is 15.9. The smallest absolute Gasteiger partial charge is 0.232 e. The molecule has 1 amide bonds. The van der Waals surface area contributed by atoms with E-state index >= 15 is 0 Å². The highest BCUT2D eigenvalue weighted by molar-refractivity contribution is 6.01. The zero-order chi connectivity index (χ0) is 28.5. The van der Waals surface area contributed by atoms with Gasteiger partial charge in [0.2, 0.25) is 5.91 Å². The maximum Gasteiger partial charge on any atom is 0.232 e. The van der Waals surface area contributed by atoms with Gasteiger partial charge < -0.3 is 4.90 Å². The second kappa shape index (κ2) is 10.7. The predicted octanol–water partition coefficient (Wildman–Crippen LogP) is 8.84. The van der Waals surface area contributed by atoms with Crippen LogP contribution < -0.4 is 4.90 Å². The van der Waals surface area contributed by atoms with E-state index in [2.05, 4.69) is 136 Å². The summed E-state index contributed by atoms with van der Waals surface area (Å²) in [5.41, 5.74) is 8.05. The molecule has 2 nitrogen and oxygen atoms in total. The van der Waals surface area contributed by atoms with Crippen molar-refractivity contribution in [2.24, 2.45) is 0 Å². The quantitative estimate of drug-likeness (QED) is 0.200. The highest BCUT2D eigenvalue weighted by Gasteiger charge is 2.41. The molecule has 0 fully saturated rings. The van der Waals surface area contributed by atoms with E-state index in [1.165, 1.54) is 27.8 Å². The van der Waals surface area contributed by atoms with Gasteiger partial charge in [-0.2, -0.15) is 0 Å². The summed E-state index contributed by atoms with van der Waals surface area (Å²) < 4.78 is 0. The van der Waals surface area contributed by atoms with Gasteiger partial charge in [0.15, 0.2) is 0 Å². The van der Waals surface area contributed by atoms with Crippen LogP contribution >= 0.6 is 0 Å². The first-order valence-electron chi connectivity index (χ1n) is 14.3. The molecular weight excluding hydrogens is 498 g/mol. The minimum atomic E-state index is -0.537. The molecule has 2 heteroatoms. The van der Waals surface area contributed by atoms with Crippen molar-refractivity contribution in [1.82, 2.24) is 0 Å². The van der Waals surface area contributed by atoms with Crippen LogP contribution in [-0.4, -0.2) is 11.4 Å². The van der Waals surface area contributed by atoms with Gasteiger partial charge in [-0.15, -0.1) is 0 Å². The number of nitrogens with zero attached hydrogens (tertiary/aromatic N) is 1. The highest BCUT2D eigenvalue weighted by Crippen LogP contribution is 2.48. The molecule has 0 aliphatic carbocycles. The van der Waals surface area contributed by atoms with E-state index < -0.39 is 11.0 Å². The Morgan fingerprint density at radius 3 is 1.59 bits per heavy atom. The van der Waals surface area contributed by atoms with Gasteiger partial charge in [0, 0.05) is 5.56 Å². The molecule has 1 aliphatic rings. The van der Waals surface area contributed by atoms with E-state index in [-0.39, 0.29) is 5.91 Å². The maximum absolute atomic E-state index is 13.9. The fourth-order valence-electron chi connectivity index (χ4n) is 6.63. The Kier molecular flexibility index (Phi) is 6.93. The third-order valence-electron chi connectivity index (χ3n) is 8.31. The van der Waals surface area contributed by atoms with Crippen molar-refractivity contribution in [2.75, 3.05) is 4.90 Å². The number of benzene rings is 5. The summed E-state index contributed by atoms with van der Waals surface area (Å²) in [7, 11) is 0. The standard InChI is InChI=1S/C39H35NO/c1-29-28-38(2,3)40(37(41)26-30-16-8-4-9-17-30)36-25-24-34(27-35(29)36)39(31-18-10-5-11-19-31,32-20-12-6-13-21-32)33-22-14-7-15-23-33/h4-25,27-28H,26H2,1-3H3. The highest BCUT2D eigenvalue weighted by atomic mass is 16.2. The third-order valence-corrected chi connectivity index (χ3v) is 8.31. The molecule has 5 aromatic carbocycles. The van der Waals surface area contributed by atoms with Crippen molar-refractivity contribution in [3.8, 4) is 0 Å². The first-order chi connectivity index (χ1) is 19.9. The lowest BCUT2D eigenvalue weighted by Crippen LogP contribution is -2.49. The number of allylic oxidation sites excluding steroid dienone is 1. The summed E-state index contributed by atoms with van der Waals surface area (Å²) >= 11 is 0. The summed E-state index contributed by atoms with van der Waals surface area (Å²) in [6, 6.07) is 49.0. The molecular formula is C39H35NO.